The zero-order valence-corrected chi connectivity index (χ0v) is 13.0. The average Bonchev–Trinajstić information content (AvgIpc) is 2.44. The Balaban J connectivity index is 2.06. The molecule has 0 aliphatic rings. The Labute approximate surface area is 123 Å². The van der Waals surface area contributed by atoms with Gasteiger partial charge in [-0.1, -0.05) is 51.1 Å². The molecule has 0 aliphatic heterocycles. The maximum Gasteiger partial charge on any atom is 0.0897 e. The molecule has 0 aromatic heterocycles. The van der Waals surface area contributed by atoms with Crippen LogP contribution in [-0.2, 0) is 4.74 Å². The van der Waals surface area contributed by atoms with E-state index in [0.717, 1.165) is 13.0 Å². The zero-order chi connectivity index (χ0) is 14.8. The third-order valence-corrected chi connectivity index (χ3v) is 3.26. The monoisotopic (exact) mass is 279 g/mol. The number of nitrogens with one attached hydrogen (secondary N) is 1. The van der Waals surface area contributed by atoms with Gasteiger partial charge in [-0.2, -0.15) is 0 Å². The Kier molecular flexibility index (Phi) is 8.51. The molecular formula is C17H29NO2. The summed E-state index contributed by atoms with van der Waals surface area (Å²) in [6, 6.07) is 10.5. The molecule has 0 saturated carbocycles. The van der Waals surface area contributed by atoms with Crippen molar-refractivity contribution in [3.8, 4) is 0 Å². The lowest BCUT2D eigenvalue weighted by atomic mass is 9.98. The minimum atomic E-state index is -0.416. The van der Waals surface area contributed by atoms with Crippen molar-refractivity contribution in [3.63, 3.8) is 0 Å². The number of aliphatic hydroxyl groups excluding tert-OH is 1. The largest absolute Gasteiger partial charge is 0.389 e. The van der Waals surface area contributed by atoms with Gasteiger partial charge in [0.05, 0.1) is 12.7 Å². The molecule has 0 bridgehead atoms. The summed E-state index contributed by atoms with van der Waals surface area (Å²) in [4.78, 5) is 0. The van der Waals surface area contributed by atoms with Gasteiger partial charge >= 0.3 is 0 Å². The SMILES string of the molecule is CC(C)COCC(O)CNCCC(C)c1ccccc1. The van der Waals surface area contributed by atoms with Crippen LogP contribution >= 0.6 is 0 Å². The number of aliphatic hydroxyl groups is 1. The van der Waals surface area contributed by atoms with E-state index < -0.39 is 6.10 Å². The predicted molar refractivity (Wildman–Crippen MR) is 84.0 cm³/mol. The van der Waals surface area contributed by atoms with Crippen molar-refractivity contribution in [2.24, 2.45) is 5.92 Å². The second kappa shape index (κ2) is 9.92. The molecule has 0 saturated heterocycles. The van der Waals surface area contributed by atoms with E-state index in [9.17, 15) is 5.11 Å². The van der Waals surface area contributed by atoms with Crippen molar-refractivity contribution in [2.45, 2.75) is 39.2 Å². The van der Waals surface area contributed by atoms with Gasteiger partial charge in [0.15, 0.2) is 0 Å². The highest BCUT2D eigenvalue weighted by Gasteiger charge is 2.07. The van der Waals surface area contributed by atoms with E-state index in [1.54, 1.807) is 0 Å². The van der Waals surface area contributed by atoms with Crippen LogP contribution in [0.2, 0.25) is 0 Å². The third-order valence-electron chi connectivity index (χ3n) is 3.26. The molecular weight excluding hydrogens is 250 g/mol. The lowest BCUT2D eigenvalue weighted by molar-refractivity contribution is 0.0262. The van der Waals surface area contributed by atoms with Crippen LogP contribution in [0.5, 0.6) is 0 Å². The molecule has 3 heteroatoms. The van der Waals surface area contributed by atoms with Crippen molar-refractivity contribution >= 4 is 0 Å². The summed E-state index contributed by atoms with van der Waals surface area (Å²) < 4.78 is 5.41. The first-order valence-corrected chi connectivity index (χ1v) is 7.61. The Morgan fingerprint density at radius 2 is 1.80 bits per heavy atom. The number of hydrogen-bond acceptors (Lipinski definition) is 3. The van der Waals surface area contributed by atoms with E-state index in [1.165, 1.54) is 5.56 Å². The summed E-state index contributed by atoms with van der Waals surface area (Å²) >= 11 is 0. The van der Waals surface area contributed by atoms with Gasteiger partial charge in [0.25, 0.3) is 0 Å². The first-order valence-electron chi connectivity index (χ1n) is 7.61. The van der Waals surface area contributed by atoms with E-state index in [2.05, 4.69) is 50.4 Å². The van der Waals surface area contributed by atoms with Crippen LogP contribution in [0.15, 0.2) is 30.3 Å². The van der Waals surface area contributed by atoms with Crippen molar-refractivity contribution < 1.29 is 9.84 Å². The number of hydrogen-bond donors (Lipinski definition) is 2. The number of benzene rings is 1. The van der Waals surface area contributed by atoms with Crippen LogP contribution in [0.3, 0.4) is 0 Å². The predicted octanol–water partition coefficient (Wildman–Crippen LogP) is 2.80. The summed E-state index contributed by atoms with van der Waals surface area (Å²) in [6.45, 7) is 9.09. The normalized spacial score (nSPS) is 14.4. The first-order chi connectivity index (χ1) is 9.59. The first kappa shape index (κ1) is 17.2. The lowest BCUT2D eigenvalue weighted by Crippen LogP contribution is -2.31. The molecule has 0 radical (unpaired) electrons. The van der Waals surface area contributed by atoms with Gasteiger partial charge in [-0.3, -0.25) is 0 Å². The van der Waals surface area contributed by atoms with Gasteiger partial charge in [0, 0.05) is 13.2 Å². The minimum Gasteiger partial charge on any atom is -0.389 e. The highest BCUT2D eigenvalue weighted by atomic mass is 16.5. The Morgan fingerprint density at radius 1 is 1.10 bits per heavy atom. The fourth-order valence-electron chi connectivity index (χ4n) is 2.03. The van der Waals surface area contributed by atoms with Gasteiger partial charge < -0.3 is 15.2 Å². The quantitative estimate of drug-likeness (QED) is 0.647. The van der Waals surface area contributed by atoms with E-state index in [0.29, 0.717) is 31.6 Å². The standard InChI is InChI=1S/C17H29NO2/c1-14(2)12-20-13-17(19)11-18-10-9-15(3)16-7-5-4-6-8-16/h4-8,14-15,17-19H,9-13H2,1-3H3. The Hall–Kier alpha value is -0.900. The van der Waals surface area contributed by atoms with Gasteiger partial charge in [-0.05, 0) is 30.4 Å². The summed E-state index contributed by atoms with van der Waals surface area (Å²) in [7, 11) is 0. The third kappa shape index (κ3) is 7.63. The maximum absolute atomic E-state index is 9.76. The van der Waals surface area contributed by atoms with Crippen LogP contribution in [0.25, 0.3) is 0 Å². The topological polar surface area (TPSA) is 41.5 Å². The van der Waals surface area contributed by atoms with Crippen LogP contribution < -0.4 is 5.32 Å². The molecule has 0 fully saturated rings. The molecule has 0 heterocycles. The number of rotatable bonds is 10. The van der Waals surface area contributed by atoms with Crippen LogP contribution in [0, 0.1) is 5.92 Å². The second-order valence-electron chi connectivity index (χ2n) is 5.89. The van der Waals surface area contributed by atoms with E-state index in [-0.39, 0.29) is 0 Å². The molecule has 2 N–H and O–H groups in total. The molecule has 0 spiro atoms. The van der Waals surface area contributed by atoms with Gasteiger partial charge in [0.2, 0.25) is 0 Å². The molecule has 0 aliphatic carbocycles. The molecule has 0 amide bonds. The van der Waals surface area contributed by atoms with Crippen LogP contribution in [0.4, 0.5) is 0 Å². The van der Waals surface area contributed by atoms with Gasteiger partial charge in [0.1, 0.15) is 0 Å². The average molecular weight is 279 g/mol. The van der Waals surface area contributed by atoms with E-state index in [4.69, 9.17) is 4.74 Å². The fraction of sp³-hybridized carbons (Fsp3) is 0.647. The molecule has 3 nitrogen and oxygen atoms in total. The molecule has 2 unspecified atom stereocenters. The molecule has 2 atom stereocenters. The maximum atomic E-state index is 9.76. The summed E-state index contributed by atoms with van der Waals surface area (Å²) in [5, 5.41) is 13.1. The molecule has 114 valence electrons. The lowest BCUT2D eigenvalue weighted by Gasteiger charge is -2.15. The molecule has 1 aromatic carbocycles. The second-order valence-corrected chi connectivity index (χ2v) is 5.89. The van der Waals surface area contributed by atoms with Crippen LogP contribution in [-0.4, -0.2) is 37.5 Å². The van der Waals surface area contributed by atoms with Crippen molar-refractivity contribution in [2.75, 3.05) is 26.3 Å². The molecule has 1 rings (SSSR count). The van der Waals surface area contributed by atoms with Crippen molar-refractivity contribution in [3.05, 3.63) is 35.9 Å². The minimum absolute atomic E-state index is 0.416. The van der Waals surface area contributed by atoms with E-state index in [1.807, 2.05) is 6.07 Å². The summed E-state index contributed by atoms with van der Waals surface area (Å²) in [5.74, 6) is 1.06. The number of ether oxygens (including phenoxy) is 1. The highest BCUT2D eigenvalue weighted by molar-refractivity contribution is 5.18. The fourth-order valence-corrected chi connectivity index (χ4v) is 2.03. The van der Waals surface area contributed by atoms with Crippen molar-refractivity contribution in [1.29, 1.82) is 0 Å². The zero-order valence-electron chi connectivity index (χ0n) is 13.0. The highest BCUT2D eigenvalue weighted by Crippen LogP contribution is 2.17. The van der Waals surface area contributed by atoms with Crippen LogP contribution in [0.1, 0.15) is 38.7 Å². The summed E-state index contributed by atoms with van der Waals surface area (Å²) in [5.41, 5.74) is 1.37. The Bertz CT molecular complexity index is 340. The molecule has 20 heavy (non-hydrogen) atoms. The van der Waals surface area contributed by atoms with Crippen molar-refractivity contribution in [1.82, 2.24) is 5.32 Å². The van der Waals surface area contributed by atoms with E-state index >= 15 is 0 Å². The smallest absolute Gasteiger partial charge is 0.0897 e. The Morgan fingerprint density at radius 3 is 2.45 bits per heavy atom. The van der Waals surface area contributed by atoms with Gasteiger partial charge in [-0.15, -0.1) is 0 Å². The molecule has 1 aromatic rings. The summed E-state index contributed by atoms with van der Waals surface area (Å²) in [6.07, 6.45) is 0.657. The van der Waals surface area contributed by atoms with Gasteiger partial charge in [-0.25, -0.2) is 0 Å².